The molecule has 0 fully saturated rings. The van der Waals surface area contributed by atoms with Crippen LogP contribution in [0.2, 0.25) is 0 Å². The summed E-state index contributed by atoms with van der Waals surface area (Å²) in [6.07, 6.45) is 3.52. The molecule has 2 rings (SSSR count). The van der Waals surface area contributed by atoms with E-state index in [1.54, 1.807) is 0 Å². The fourth-order valence-electron chi connectivity index (χ4n) is 2.57. The second-order valence-corrected chi connectivity index (χ2v) is 5.68. The van der Waals surface area contributed by atoms with E-state index < -0.39 is 0 Å². The van der Waals surface area contributed by atoms with Crippen LogP contribution in [0.3, 0.4) is 0 Å². The molecule has 0 aromatic heterocycles. The van der Waals surface area contributed by atoms with E-state index >= 15 is 0 Å². The Hall–Kier alpha value is -1.19. The monoisotopic (exact) mass is 260 g/mol. The van der Waals surface area contributed by atoms with Gasteiger partial charge in [0.1, 0.15) is 0 Å². The van der Waals surface area contributed by atoms with Crippen molar-refractivity contribution in [2.24, 2.45) is 0 Å². The Morgan fingerprint density at radius 3 is 2.79 bits per heavy atom. The van der Waals surface area contributed by atoms with Crippen molar-refractivity contribution in [1.29, 1.82) is 0 Å². The molecule has 3 heteroatoms. The van der Waals surface area contributed by atoms with Crippen molar-refractivity contribution in [2.75, 3.05) is 27.2 Å². The molecule has 1 atom stereocenters. The average Bonchev–Trinajstić information content (AvgIpc) is 2.84. The van der Waals surface area contributed by atoms with Crippen LogP contribution in [0.1, 0.15) is 34.8 Å². The number of ketones is 1. The number of nitrogens with zero attached hydrogens (tertiary/aromatic N) is 1. The van der Waals surface area contributed by atoms with E-state index in [9.17, 15) is 4.79 Å². The maximum absolute atomic E-state index is 12.3. The van der Waals surface area contributed by atoms with Crippen LogP contribution < -0.4 is 5.32 Å². The van der Waals surface area contributed by atoms with Crippen molar-refractivity contribution in [1.82, 2.24) is 10.2 Å². The van der Waals surface area contributed by atoms with Crippen LogP contribution in [0, 0.1) is 0 Å². The smallest absolute Gasteiger partial charge is 0.179 e. The standard InChI is InChI=1S/C16H24N2O/c1-12(17-9-10-18(2)3)16(19)15-8-7-13-5-4-6-14(13)11-15/h7-8,11-12,17H,4-6,9-10H2,1-3H3. The summed E-state index contributed by atoms with van der Waals surface area (Å²) in [5.74, 6) is 0.202. The van der Waals surface area contributed by atoms with Crippen LogP contribution >= 0.6 is 0 Å². The first-order chi connectivity index (χ1) is 9.08. The summed E-state index contributed by atoms with van der Waals surface area (Å²) in [7, 11) is 4.07. The lowest BCUT2D eigenvalue weighted by Gasteiger charge is -2.15. The Kier molecular flexibility index (Phi) is 4.72. The van der Waals surface area contributed by atoms with Crippen molar-refractivity contribution in [3.63, 3.8) is 0 Å². The zero-order valence-corrected chi connectivity index (χ0v) is 12.2. The van der Waals surface area contributed by atoms with Crippen molar-refractivity contribution < 1.29 is 4.79 Å². The van der Waals surface area contributed by atoms with Crippen LogP contribution in [0.4, 0.5) is 0 Å². The Bertz CT molecular complexity index is 454. The van der Waals surface area contributed by atoms with Crippen LogP contribution in [0.25, 0.3) is 0 Å². The predicted molar refractivity (Wildman–Crippen MR) is 78.8 cm³/mol. The highest BCUT2D eigenvalue weighted by Gasteiger charge is 2.17. The minimum absolute atomic E-state index is 0.112. The highest BCUT2D eigenvalue weighted by molar-refractivity contribution is 6.00. The molecule has 1 aromatic carbocycles. The molecule has 1 unspecified atom stereocenters. The molecule has 0 spiro atoms. The fourth-order valence-corrected chi connectivity index (χ4v) is 2.57. The van der Waals surface area contributed by atoms with Gasteiger partial charge in [-0.2, -0.15) is 0 Å². The van der Waals surface area contributed by atoms with Crippen LogP contribution in [-0.4, -0.2) is 43.9 Å². The van der Waals surface area contributed by atoms with E-state index in [2.05, 4.69) is 22.3 Å². The molecule has 3 nitrogen and oxygen atoms in total. The number of aryl methyl sites for hydroxylation is 2. The summed E-state index contributed by atoms with van der Waals surface area (Å²) >= 11 is 0. The summed E-state index contributed by atoms with van der Waals surface area (Å²) in [5, 5.41) is 3.29. The number of nitrogens with one attached hydrogen (secondary N) is 1. The van der Waals surface area contributed by atoms with Crippen molar-refractivity contribution >= 4 is 5.78 Å². The zero-order chi connectivity index (χ0) is 13.8. The molecule has 1 N–H and O–H groups in total. The summed E-state index contributed by atoms with van der Waals surface area (Å²) in [5.41, 5.74) is 3.64. The van der Waals surface area contributed by atoms with Crippen LogP contribution in [0.15, 0.2) is 18.2 Å². The number of likely N-dealkylation sites (N-methyl/N-ethyl adjacent to an activating group) is 1. The molecule has 0 amide bonds. The summed E-state index contributed by atoms with van der Waals surface area (Å²) in [6.45, 7) is 3.73. The molecule has 0 saturated heterocycles. The first-order valence-electron chi connectivity index (χ1n) is 7.12. The lowest BCUT2D eigenvalue weighted by atomic mass is 10.0. The van der Waals surface area contributed by atoms with Crippen molar-refractivity contribution in [2.45, 2.75) is 32.2 Å². The van der Waals surface area contributed by atoms with E-state index in [1.165, 1.54) is 24.0 Å². The largest absolute Gasteiger partial charge is 0.308 e. The van der Waals surface area contributed by atoms with Crippen molar-refractivity contribution in [3.8, 4) is 0 Å². The Balaban J connectivity index is 1.95. The third-order valence-corrected chi connectivity index (χ3v) is 3.79. The highest BCUT2D eigenvalue weighted by Crippen LogP contribution is 2.23. The molecule has 0 bridgehead atoms. The van der Waals surface area contributed by atoms with E-state index in [4.69, 9.17) is 0 Å². The molecule has 1 aliphatic carbocycles. The number of carbonyl (C=O) groups excluding carboxylic acids is 1. The number of Topliss-reactive ketones (excluding diaryl/α,β-unsaturated/α-hetero) is 1. The molecule has 19 heavy (non-hydrogen) atoms. The molecule has 0 aliphatic heterocycles. The molecule has 104 valence electrons. The second kappa shape index (κ2) is 6.31. The first-order valence-corrected chi connectivity index (χ1v) is 7.12. The number of carbonyl (C=O) groups is 1. The van der Waals surface area contributed by atoms with Gasteiger partial charge in [0, 0.05) is 18.7 Å². The summed E-state index contributed by atoms with van der Waals surface area (Å²) in [6, 6.07) is 6.09. The van der Waals surface area contributed by atoms with Crippen molar-refractivity contribution in [3.05, 3.63) is 34.9 Å². The van der Waals surface area contributed by atoms with Gasteiger partial charge in [0.25, 0.3) is 0 Å². The van der Waals surface area contributed by atoms with E-state index in [1.807, 2.05) is 27.1 Å². The Morgan fingerprint density at radius 2 is 2.05 bits per heavy atom. The van der Waals surface area contributed by atoms with Crippen LogP contribution in [-0.2, 0) is 12.8 Å². The van der Waals surface area contributed by atoms with Gasteiger partial charge >= 0.3 is 0 Å². The van der Waals surface area contributed by atoms with Crippen LogP contribution in [0.5, 0.6) is 0 Å². The molecular formula is C16H24N2O. The SMILES string of the molecule is CC(NCCN(C)C)C(=O)c1ccc2c(c1)CCC2. The molecule has 1 aromatic rings. The lowest BCUT2D eigenvalue weighted by Crippen LogP contribution is -2.38. The average molecular weight is 260 g/mol. The fraction of sp³-hybridized carbons (Fsp3) is 0.562. The van der Waals surface area contributed by atoms with Gasteiger partial charge < -0.3 is 10.2 Å². The number of hydrogen-bond acceptors (Lipinski definition) is 3. The third kappa shape index (κ3) is 3.64. The molecule has 0 saturated carbocycles. The number of hydrogen-bond donors (Lipinski definition) is 1. The zero-order valence-electron chi connectivity index (χ0n) is 12.2. The minimum atomic E-state index is -0.112. The third-order valence-electron chi connectivity index (χ3n) is 3.79. The highest BCUT2D eigenvalue weighted by atomic mass is 16.1. The molecule has 0 heterocycles. The number of rotatable bonds is 6. The topological polar surface area (TPSA) is 32.3 Å². The van der Waals surface area contributed by atoms with E-state index in [0.717, 1.165) is 25.1 Å². The second-order valence-electron chi connectivity index (χ2n) is 5.68. The van der Waals surface area contributed by atoms with E-state index in [-0.39, 0.29) is 11.8 Å². The van der Waals surface area contributed by atoms with Gasteiger partial charge in [0.05, 0.1) is 6.04 Å². The van der Waals surface area contributed by atoms with Gasteiger partial charge in [-0.1, -0.05) is 12.1 Å². The van der Waals surface area contributed by atoms with Gasteiger partial charge in [0.15, 0.2) is 5.78 Å². The minimum Gasteiger partial charge on any atom is -0.308 e. The van der Waals surface area contributed by atoms with Gasteiger partial charge in [-0.3, -0.25) is 4.79 Å². The number of benzene rings is 1. The normalized spacial score (nSPS) is 15.6. The Morgan fingerprint density at radius 1 is 1.32 bits per heavy atom. The van der Waals surface area contributed by atoms with Gasteiger partial charge in [-0.25, -0.2) is 0 Å². The quantitative estimate of drug-likeness (QED) is 0.793. The molecule has 1 aliphatic rings. The molecule has 0 radical (unpaired) electrons. The van der Waals surface area contributed by atoms with Gasteiger partial charge in [-0.15, -0.1) is 0 Å². The summed E-state index contributed by atoms with van der Waals surface area (Å²) < 4.78 is 0. The molecular weight excluding hydrogens is 236 g/mol. The van der Waals surface area contributed by atoms with E-state index in [0.29, 0.717) is 0 Å². The van der Waals surface area contributed by atoms with Gasteiger partial charge in [0.2, 0.25) is 0 Å². The maximum Gasteiger partial charge on any atom is 0.179 e. The summed E-state index contributed by atoms with van der Waals surface area (Å²) in [4.78, 5) is 14.5. The maximum atomic E-state index is 12.3. The predicted octanol–water partition coefficient (Wildman–Crippen LogP) is 1.90. The first kappa shape index (κ1) is 14.2. The van der Waals surface area contributed by atoms with Gasteiger partial charge in [-0.05, 0) is 57.5 Å². The lowest BCUT2D eigenvalue weighted by molar-refractivity contribution is 0.0950. The number of fused-ring (bicyclic) bond motifs is 1. The Labute approximate surface area is 116 Å².